The van der Waals surface area contributed by atoms with Crippen molar-refractivity contribution in [3.63, 3.8) is 0 Å². The number of carbonyl (C=O) groups is 1. The number of hydrogen-bond acceptors (Lipinski definition) is 6. The fraction of sp³-hybridized carbons (Fsp3) is 0.429. The van der Waals surface area contributed by atoms with Crippen LogP contribution in [0.15, 0.2) is 30.6 Å². The van der Waals surface area contributed by atoms with Crippen molar-refractivity contribution < 1.29 is 4.79 Å². The monoisotopic (exact) mass is 337 g/mol. The molecule has 0 spiro atoms. The molecule has 1 saturated heterocycles. The molecule has 2 N–H and O–H groups in total. The molecule has 1 fully saturated rings. The standard InChI is InChI=1S/C14H19N7O.ClH/c22-14(16-6-9-20-7-4-15-5-8-20)12-2-1-3-13(10-12)21-11-17-18-19-21;/h1-3,10-11,15H,4-9H2,(H,16,22);1H. The average molecular weight is 338 g/mol. The van der Waals surface area contributed by atoms with Crippen molar-refractivity contribution in [3.05, 3.63) is 36.2 Å². The van der Waals surface area contributed by atoms with Crippen molar-refractivity contribution in [1.82, 2.24) is 35.7 Å². The van der Waals surface area contributed by atoms with Crippen LogP contribution in [0.5, 0.6) is 0 Å². The summed E-state index contributed by atoms with van der Waals surface area (Å²) in [7, 11) is 0. The van der Waals surface area contributed by atoms with Gasteiger partial charge >= 0.3 is 0 Å². The molecule has 2 heterocycles. The molecule has 0 aliphatic carbocycles. The van der Waals surface area contributed by atoms with E-state index >= 15 is 0 Å². The molecule has 2 aromatic rings. The van der Waals surface area contributed by atoms with Gasteiger partial charge in [0.2, 0.25) is 0 Å². The lowest BCUT2D eigenvalue weighted by Gasteiger charge is -2.27. The molecule has 23 heavy (non-hydrogen) atoms. The molecule has 8 nitrogen and oxygen atoms in total. The Kier molecular flexibility index (Phi) is 6.45. The summed E-state index contributed by atoms with van der Waals surface area (Å²) >= 11 is 0. The first kappa shape index (κ1) is 17.3. The van der Waals surface area contributed by atoms with Crippen molar-refractivity contribution in [3.8, 4) is 5.69 Å². The van der Waals surface area contributed by atoms with Crippen molar-refractivity contribution >= 4 is 18.3 Å². The lowest BCUT2D eigenvalue weighted by atomic mass is 10.2. The van der Waals surface area contributed by atoms with Crippen LogP contribution in [0.2, 0.25) is 0 Å². The smallest absolute Gasteiger partial charge is 0.251 e. The number of nitrogens with one attached hydrogen (secondary N) is 2. The average Bonchev–Trinajstić information content (AvgIpc) is 3.10. The number of halogens is 1. The van der Waals surface area contributed by atoms with Crippen molar-refractivity contribution in [2.45, 2.75) is 0 Å². The highest BCUT2D eigenvalue weighted by Gasteiger charge is 2.11. The minimum atomic E-state index is -0.0786. The first-order chi connectivity index (χ1) is 10.8. The zero-order valence-corrected chi connectivity index (χ0v) is 13.5. The maximum absolute atomic E-state index is 12.2. The predicted octanol–water partition coefficient (Wildman–Crippen LogP) is -0.281. The first-order valence-electron chi connectivity index (χ1n) is 7.37. The van der Waals surface area contributed by atoms with Gasteiger partial charge in [-0.3, -0.25) is 9.69 Å². The number of aromatic nitrogens is 4. The first-order valence-corrected chi connectivity index (χ1v) is 7.37. The van der Waals surface area contributed by atoms with E-state index in [1.54, 1.807) is 12.1 Å². The van der Waals surface area contributed by atoms with Gasteiger partial charge in [0.05, 0.1) is 5.69 Å². The molecule has 0 atom stereocenters. The number of amides is 1. The zero-order valence-electron chi connectivity index (χ0n) is 12.7. The van der Waals surface area contributed by atoms with Crippen LogP contribution in [-0.4, -0.2) is 70.3 Å². The van der Waals surface area contributed by atoms with E-state index in [0.717, 1.165) is 38.4 Å². The van der Waals surface area contributed by atoms with Gasteiger partial charge in [-0.25, -0.2) is 4.68 Å². The molecular formula is C14H20ClN7O. The molecule has 1 aliphatic rings. The summed E-state index contributed by atoms with van der Waals surface area (Å²) in [4.78, 5) is 14.5. The minimum absolute atomic E-state index is 0. The molecule has 0 saturated carbocycles. The number of rotatable bonds is 5. The SMILES string of the molecule is Cl.O=C(NCCN1CCNCC1)c1cccc(-n2cnnn2)c1. The second kappa shape index (κ2) is 8.56. The summed E-state index contributed by atoms with van der Waals surface area (Å²) < 4.78 is 1.53. The summed E-state index contributed by atoms with van der Waals surface area (Å²) in [6, 6.07) is 7.24. The van der Waals surface area contributed by atoms with Crippen molar-refractivity contribution in [2.24, 2.45) is 0 Å². The summed E-state index contributed by atoms with van der Waals surface area (Å²) in [6.07, 6.45) is 1.50. The van der Waals surface area contributed by atoms with Gasteiger partial charge in [0.1, 0.15) is 6.33 Å². The molecule has 3 rings (SSSR count). The van der Waals surface area contributed by atoms with Gasteiger partial charge in [0.25, 0.3) is 5.91 Å². The number of piperazine rings is 1. The fourth-order valence-electron chi connectivity index (χ4n) is 2.43. The van der Waals surface area contributed by atoms with Crippen LogP contribution >= 0.6 is 12.4 Å². The Morgan fingerprint density at radius 1 is 1.30 bits per heavy atom. The normalized spacial score (nSPS) is 15.0. The highest BCUT2D eigenvalue weighted by atomic mass is 35.5. The molecule has 1 amide bonds. The molecule has 0 bridgehead atoms. The third-order valence-corrected chi connectivity index (χ3v) is 3.65. The van der Waals surface area contributed by atoms with E-state index in [-0.39, 0.29) is 18.3 Å². The largest absolute Gasteiger partial charge is 0.351 e. The fourth-order valence-corrected chi connectivity index (χ4v) is 2.43. The Morgan fingerprint density at radius 3 is 2.87 bits per heavy atom. The van der Waals surface area contributed by atoms with Crippen LogP contribution in [0.3, 0.4) is 0 Å². The number of nitrogens with zero attached hydrogens (tertiary/aromatic N) is 5. The lowest BCUT2D eigenvalue weighted by molar-refractivity contribution is 0.0947. The number of hydrogen-bond donors (Lipinski definition) is 2. The van der Waals surface area contributed by atoms with E-state index in [1.807, 2.05) is 12.1 Å². The van der Waals surface area contributed by atoms with E-state index in [4.69, 9.17) is 0 Å². The molecule has 1 aromatic heterocycles. The zero-order chi connectivity index (χ0) is 15.2. The van der Waals surface area contributed by atoms with E-state index < -0.39 is 0 Å². The number of benzene rings is 1. The van der Waals surface area contributed by atoms with Crippen LogP contribution in [0, 0.1) is 0 Å². The second-order valence-electron chi connectivity index (χ2n) is 5.15. The molecule has 1 aromatic carbocycles. The van der Waals surface area contributed by atoms with Crippen LogP contribution in [0.1, 0.15) is 10.4 Å². The summed E-state index contributed by atoms with van der Waals surface area (Å²) in [6.45, 7) is 5.62. The molecule has 0 unspecified atom stereocenters. The van der Waals surface area contributed by atoms with Gasteiger partial charge in [0, 0.05) is 44.8 Å². The molecule has 1 aliphatic heterocycles. The van der Waals surface area contributed by atoms with Crippen LogP contribution in [-0.2, 0) is 0 Å². The van der Waals surface area contributed by atoms with E-state index in [9.17, 15) is 4.79 Å². The van der Waals surface area contributed by atoms with Crippen LogP contribution in [0.25, 0.3) is 5.69 Å². The maximum Gasteiger partial charge on any atom is 0.251 e. The van der Waals surface area contributed by atoms with Crippen molar-refractivity contribution in [2.75, 3.05) is 39.3 Å². The summed E-state index contributed by atoms with van der Waals surface area (Å²) in [5, 5.41) is 17.3. The van der Waals surface area contributed by atoms with E-state index in [0.29, 0.717) is 12.1 Å². The van der Waals surface area contributed by atoms with Gasteiger partial charge in [-0.2, -0.15) is 0 Å². The highest BCUT2D eigenvalue weighted by Crippen LogP contribution is 2.08. The Morgan fingerprint density at radius 2 is 2.13 bits per heavy atom. The summed E-state index contributed by atoms with van der Waals surface area (Å²) in [5.41, 5.74) is 1.37. The van der Waals surface area contributed by atoms with Crippen molar-refractivity contribution in [1.29, 1.82) is 0 Å². The quantitative estimate of drug-likeness (QED) is 0.780. The molecule has 0 radical (unpaired) electrons. The van der Waals surface area contributed by atoms with Gasteiger partial charge in [-0.05, 0) is 28.6 Å². The Bertz CT molecular complexity index is 613. The predicted molar refractivity (Wildman–Crippen MR) is 88.0 cm³/mol. The third kappa shape index (κ3) is 4.72. The van der Waals surface area contributed by atoms with Crippen LogP contribution < -0.4 is 10.6 Å². The highest BCUT2D eigenvalue weighted by molar-refractivity contribution is 5.94. The van der Waals surface area contributed by atoms with Gasteiger partial charge in [0.15, 0.2) is 0 Å². The number of carbonyl (C=O) groups excluding carboxylic acids is 1. The maximum atomic E-state index is 12.2. The summed E-state index contributed by atoms with van der Waals surface area (Å²) in [5.74, 6) is -0.0786. The van der Waals surface area contributed by atoms with E-state index in [1.165, 1.54) is 11.0 Å². The topological polar surface area (TPSA) is 88.0 Å². The van der Waals surface area contributed by atoms with Gasteiger partial charge < -0.3 is 10.6 Å². The Hall–Kier alpha value is -2.03. The third-order valence-electron chi connectivity index (χ3n) is 3.65. The number of tetrazole rings is 1. The van der Waals surface area contributed by atoms with Crippen LogP contribution in [0.4, 0.5) is 0 Å². The second-order valence-corrected chi connectivity index (χ2v) is 5.15. The molecule has 124 valence electrons. The lowest BCUT2D eigenvalue weighted by Crippen LogP contribution is -2.46. The van der Waals surface area contributed by atoms with Gasteiger partial charge in [-0.1, -0.05) is 6.07 Å². The Labute approximate surface area is 140 Å². The molecular weight excluding hydrogens is 318 g/mol. The minimum Gasteiger partial charge on any atom is -0.351 e. The van der Waals surface area contributed by atoms with E-state index in [2.05, 4.69) is 31.1 Å². The molecule has 9 heteroatoms. The van der Waals surface area contributed by atoms with Gasteiger partial charge in [-0.15, -0.1) is 17.5 Å². The Balaban J connectivity index is 0.00000192.